The second-order valence-electron chi connectivity index (χ2n) is 3.91. The first-order chi connectivity index (χ1) is 9.22. The number of hydrogen-bond donors (Lipinski definition) is 2. The maximum absolute atomic E-state index is 5.56. The lowest BCUT2D eigenvalue weighted by molar-refractivity contribution is 0.414. The van der Waals surface area contributed by atoms with E-state index in [-0.39, 0.29) is 0 Å². The van der Waals surface area contributed by atoms with Crippen LogP contribution in [0.1, 0.15) is 5.69 Å². The summed E-state index contributed by atoms with van der Waals surface area (Å²) >= 11 is 0. The van der Waals surface area contributed by atoms with Gasteiger partial charge in [-0.05, 0) is 30.3 Å². The molecule has 2 rings (SSSR count). The Hall–Kier alpha value is -2.50. The number of aliphatic imine (C=N–C) groups is 1. The number of nitrogens with two attached hydrogens (primary N) is 1. The monoisotopic (exact) mass is 259 g/mol. The van der Waals surface area contributed by atoms with Gasteiger partial charge in [-0.2, -0.15) is 5.10 Å². The number of aromatic nitrogens is 2. The van der Waals surface area contributed by atoms with Crippen molar-refractivity contribution in [2.75, 3.05) is 14.2 Å². The van der Waals surface area contributed by atoms with Gasteiger partial charge in [-0.1, -0.05) is 0 Å². The van der Waals surface area contributed by atoms with Crippen LogP contribution in [-0.2, 0) is 6.54 Å². The zero-order chi connectivity index (χ0) is 13.7. The van der Waals surface area contributed by atoms with E-state index >= 15 is 0 Å². The van der Waals surface area contributed by atoms with Gasteiger partial charge in [0.25, 0.3) is 0 Å². The second-order valence-corrected chi connectivity index (χ2v) is 3.91. The molecule has 0 aliphatic rings. The van der Waals surface area contributed by atoms with Gasteiger partial charge in [0.15, 0.2) is 5.96 Å². The van der Waals surface area contributed by atoms with Crippen molar-refractivity contribution < 1.29 is 4.74 Å². The highest BCUT2D eigenvalue weighted by Crippen LogP contribution is 2.14. The highest BCUT2D eigenvalue weighted by Gasteiger charge is 2.02. The first-order valence-electron chi connectivity index (χ1n) is 5.88. The summed E-state index contributed by atoms with van der Waals surface area (Å²) in [6.45, 7) is 0.548. The molecule has 3 N–H and O–H groups in total. The minimum Gasteiger partial charge on any atom is -0.497 e. The van der Waals surface area contributed by atoms with Crippen molar-refractivity contribution in [2.24, 2.45) is 10.7 Å². The quantitative estimate of drug-likeness (QED) is 0.632. The number of methoxy groups -OCH3 is 1. The van der Waals surface area contributed by atoms with Crippen molar-refractivity contribution >= 4 is 5.96 Å². The molecule has 0 unspecified atom stereocenters. The lowest BCUT2D eigenvalue weighted by Crippen LogP contribution is -2.30. The third-order valence-corrected chi connectivity index (χ3v) is 2.67. The first-order valence-corrected chi connectivity index (χ1v) is 5.88. The molecular weight excluding hydrogens is 242 g/mol. The van der Waals surface area contributed by atoms with Crippen LogP contribution in [0.25, 0.3) is 5.69 Å². The van der Waals surface area contributed by atoms with Gasteiger partial charge in [-0.25, -0.2) is 4.68 Å². The van der Waals surface area contributed by atoms with E-state index in [1.807, 2.05) is 36.5 Å². The zero-order valence-corrected chi connectivity index (χ0v) is 11.0. The Bertz CT molecular complexity index is 559. The van der Waals surface area contributed by atoms with Crippen LogP contribution in [0.2, 0.25) is 0 Å². The van der Waals surface area contributed by atoms with Crippen LogP contribution in [0, 0.1) is 0 Å². The molecule has 1 aromatic heterocycles. The number of guanidine groups is 1. The zero-order valence-electron chi connectivity index (χ0n) is 11.0. The molecule has 0 fully saturated rings. The highest BCUT2D eigenvalue weighted by atomic mass is 16.5. The van der Waals surface area contributed by atoms with Crippen molar-refractivity contribution in [3.63, 3.8) is 0 Å². The number of benzene rings is 1. The lowest BCUT2D eigenvalue weighted by atomic mass is 10.3. The topological polar surface area (TPSA) is 77.5 Å². The number of ether oxygens (including phenoxy) is 1. The number of nitrogens with one attached hydrogen (secondary N) is 1. The molecule has 100 valence electrons. The molecular formula is C13H17N5O. The molecule has 2 aromatic rings. The van der Waals surface area contributed by atoms with E-state index in [0.29, 0.717) is 12.5 Å². The van der Waals surface area contributed by atoms with E-state index in [1.54, 1.807) is 18.8 Å². The summed E-state index contributed by atoms with van der Waals surface area (Å²) in [7, 11) is 3.28. The van der Waals surface area contributed by atoms with E-state index in [0.717, 1.165) is 17.1 Å². The minimum absolute atomic E-state index is 0.402. The molecule has 6 nitrogen and oxygen atoms in total. The van der Waals surface area contributed by atoms with Crippen molar-refractivity contribution in [1.82, 2.24) is 15.1 Å². The van der Waals surface area contributed by atoms with Gasteiger partial charge in [0.05, 0.1) is 25.0 Å². The van der Waals surface area contributed by atoms with E-state index < -0.39 is 0 Å². The molecule has 0 bridgehead atoms. The predicted molar refractivity (Wildman–Crippen MR) is 74.5 cm³/mol. The van der Waals surface area contributed by atoms with Crippen molar-refractivity contribution in [3.8, 4) is 11.4 Å². The molecule has 0 aliphatic carbocycles. The van der Waals surface area contributed by atoms with Crippen LogP contribution >= 0.6 is 0 Å². The summed E-state index contributed by atoms with van der Waals surface area (Å²) in [5.41, 5.74) is 7.43. The van der Waals surface area contributed by atoms with Gasteiger partial charge >= 0.3 is 0 Å². The molecule has 1 heterocycles. The average molecular weight is 259 g/mol. The SMILES string of the molecule is CN=C(N)NCc1ccn(-c2ccc(OC)cc2)n1. The van der Waals surface area contributed by atoms with Crippen LogP contribution < -0.4 is 15.8 Å². The van der Waals surface area contributed by atoms with Crippen LogP contribution in [-0.4, -0.2) is 29.9 Å². The molecule has 0 spiro atoms. The normalized spacial score (nSPS) is 11.4. The fourth-order valence-electron chi connectivity index (χ4n) is 1.59. The van der Waals surface area contributed by atoms with Gasteiger partial charge in [0.2, 0.25) is 0 Å². The summed E-state index contributed by atoms with van der Waals surface area (Å²) in [5, 5.41) is 7.41. The van der Waals surface area contributed by atoms with Gasteiger partial charge < -0.3 is 15.8 Å². The Labute approximate surface area is 111 Å². The Morgan fingerprint density at radius 2 is 2.11 bits per heavy atom. The van der Waals surface area contributed by atoms with Gasteiger partial charge in [0.1, 0.15) is 5.75 Å². The lowest BCUT2D eigenvalue weighted by Gasteiger charge is -2.04. The van der Waals surface area contributed by atoms with Crippen molar-refractivity contribution in [3.05, 3.63) is 42.2 Å². The summed E-state index contributed by atoms with van der Waals surface area (Å²) in [5.74, 6) is 1.23. The van der Waals surface area contributed by atoms with E-state index in [4.69, 9.17) is 10.5 Å². The first kappa shape index (κ1) is 12.9. The predicted octanol–water partition coefficient (Wildman–Crippen LogP) is 0.915. The molecule has 0 atom stereocenters. The third-order valence-electron chi connectivity index (χ3n) is 2.67. The molecule has 19 heavy (non-hydrogen) atoms. The van der Waals surface area contributed by atoms with Crippen LogP contribution in [0.4, 0.5) is 0 Å². The number of nitrogens with zero attached hydrogens (tertiary/aromatic N) is 3. The Morgan fingerprint density at radius 1 is 1.37 bits per heavy atom. The molecule has 0 radical (unpaired) electrons. The summed E-state index contributed by atoms with van der Waals surface area (Å²) in [6, 6.07) is 9.63. The summed E-state index contributed by atoms with van der Waals surface area (Å²) in [6.07, 6.45) is 1.90. The maximum Gasteiger partial charge on any atom is 0.188 e. The van der Waals surface area contributed by atoms with E-state index in [1.165, 1.54) is 0 Å². The molecule has 0 aliphatic heterocycles. The molecule has 0 amide bonds. The summed E-state index contributed by atoms with van der Waals surface area (Å²) < 4.78 is 6.92. The minimum atomic E-state index is 0.402. The van der Waals surface area contributed by atoms with Crippen LogP contribution in [0.5, 0.6) is 5.75 Å². The summed E-state index contributed by atoms with van der Waals surface area (Å²) in [4.78, 5) is 3.82. The third kappa shape index (κ3) is 3.25. The molecule has 0 saturated heterocycles. The second kappa shape index (κ2) is 5.90. The standard InChI is InChI=1S/C13H17N5O/c1-15-13(14)16-9-10-7-8-18(17-10)11-3-5-12(19-2)6-4-11/h3-8H,9H2,1-2H3,(H3,14,15,16). The van der Waals surface area contributed by atoms with E-state index in [2.05, 4.69) is 15.4 Å². The fourth-order valence-corrected chi connectivity index (χ4v) is 1.59. The van der Waals surface area contributed by atoms with Gasteiger partial charge in [-0.15, -0.1) is 0 Å². The van der Waals surface area contributed by atoms with Crippen molar-refractivity contribution in [1.29, 1.82) is 0 Å². The molecule has 1 aromatic carbocycles. The number of hydrogen-bond acceptors (Lipinski definition) is 3. The van der Waals surface area contributed by atoms with Crippen LogP contribution in [0.3, 0.4) is 0 Å². The fraction of sp³-hybridized carbons (Fsp3) is 0.231. The van der Waals surface area contributed by atoms with E-state index in [9.17, 15) is 0 Å². The Balaban J connectivity index is 2.07. The van der Waals surface area contributed by atoms with Crippen molar-refractivity contribution in [2.45, 2.75) is 6.54 Å². The molecule has 0 saturated carbocycles. The maximum atomic E-state index is 5.56. The average Bonchev–Trinajstić information content (AvgIpc) is 2.93. The Morgan fingerprint density at radius 3 is 2.74 bits per heavy atom. The molecule has 6 heteroatoms. The van der Waals surface area contributed by atoms with Crippen LogP contribution in [0.15, 0.2) is 41.5 Å². The highest BCUT2D eigenvalue weighted by molar-refractivity contribution is 5.77. The Kier molecular flexibility index (Phi) is 4.02. The van der Waals surface area contributed by atoms with Gasteiger partial charge in [0, 0.05) is 13.2 Å². The number of rotatable bonds is 4. The smallest absolute Gasteiger partial charge is 0.188 e. The largest absolute Gasteiger partial charge is 0.497 e. The van der Waals surface area contributed by atoms with Gasteiger partial charge in [-0.3, -0.25) is 4.99 Å².